The van der Waals surface area contributed by atoms with Crippen LogP contribution in [0.2, 0.25) is 0 Å². The fourth-order valence-corrected chi connectivity index (χ4v) is 0.996. The van der Waals surface area contributed by atoms with E-state index in [1.165, 1.54) is 0 Å². The number of hydrazine groups is 1. The van der Waals surface area contributed by atoms with Crippen molar-refractivity contribution in [3.63, 3.8) is 0 Å². The summed E-state index contributed by atoms with van der Waals surface area (Å²) in [6.07, 6.45) is 1.68. The summed E-state index contributed by atoms with van der Waals surface area (Å²) in [5.41, 5.74) is 4.49. The SMILES string of the molecule is Cc1ccnc(NN(C)C)c1C#N. The Labute approximate surface area is 77.8 Å². The second-order valence-corrected chi connectivity index (χ2v) is 2.97. The van der Waals surface area contributed by atoms with Crippen molar-refractivity contribution in [2.75, 3.05) is 19.5 Å². The van der Waals surface area contributed by atoms with Gasteiger partial charge in [-0.05, 0) is 18.6 Å². The zero-order valence-corrected chi connectivity index (χ0v) is 8.00. The molecule has 0 fully saturated rings. The highest BCUT2D eigenvalue weighted by Gasteiger charge is 2.05. The summed E-state index contributed by atoms with van der Waals surface area (Å²) in [5.74, 6) is 0.604. The number of aryl methyl sites for hydroxylation is 1. The van der Waals surface area contributed by atoms with Crippen molar-refractivity contribution in [2.24, 2.45) is 0 Å². The third-order valence-corrected chi connectivity index (χ3v) is 1.60. The molecular formula is C9H12N4. The Hall–Kier alpha value is -1.60. The van der Waals surface area contributed by atoms with Crippen LogP contribution in [0.25, 0.3) is 0 Å². The molecule has 0 spiro atoms. The van der Waals surface area contributed by atoms with Gasteiger partial charge in [0.25, 0.3) is 0 Å². The van der Waals surface area contributed by atoms with Crippen molar-refractivity contribution < 1.29 is 0 Å². The van der Waals surface area contributed by atoms with Crippen molar-refractivity contribution >= 4 is 5.82 Å². The molecule has 1 N–H and O–H groups in total. The number of nitrogens with one attached hydrogen (secondary N) is 1. The second kappa shape index (κ2) is 3.87. The molecule has 1 heterocycles. The predicted molar refractivity (Wildman–Crippen MR) is 51.0 cm³/mol. The highest BCUT2D eigenvalue weighted by Crippen LogP contribution is 2.14. The molecule has 68 valence electrons. The van der Waals surface area contributed by atoms with Crippen molar-refractivity contribution in [3.05, 3.63) is 23.4 Å². The maximum Gasteiger partial charge on any atom is 0.158 e. The molecule has 0 saturated carbocycles. The zero-order chi connectivity index (χ0) is 9.84. The molecule has 0 bridgehead atoms. The minimum Gasteiger partial charge on any atom is -0.303 e. The van der Waals surface area contributed by atoms with Crippen molar-refractivity contribution in [1.82, 2.24) is 9.99 Å². The largest absolute Gasteiger partial charge is 0.303 e. The summed E-state index contributed by atoms with van der Waals surface area (Å²) in [6, 6.07) is 3.94. The molecular weight excluding hydrogens is 164 g/mol. The minimum atomic E-state index is 0.594. The zero-order valence-electron chi connectivity index (χ0n) is 8.00. The minimum absolute atomic E-state index is 0.594. The summed E-state index contributed by atoms with van der Waals surface area (Å²) < 4.78 is 0. The van der Waals surface area contributed by atoms with Crippen LogP contribution in [-0.4, -0.2) is 24.1 Å². The average Bonchev–Trinajstić information content (AvgIpc) is 2.03. The van der Waals surface area contributed by atoms with Crippen molar-refractivity contribution in [2.45, 2.75) is 6.92 Å². The van der Waals surface area contributed by atoms with Gasteiger partial charge in [-0.3, -0.25) is 0 Å². The van der Waals surface area contributed by atoms with Gasteiger partial charge in [-0.15, -0.1) is 0 Å². The topological polar surface area (TPSA) is 52.0 Å². The van der Waals surface area contributed by atoms with Crippen LogP contribution in [-0.2, 0) is 0 Å². The number of aromatic nitrogens is 1. The fraction of sp³-hybridized carbons (Fsp3) is 0.333. The molecule has 0 aromatic carbocycles. The summed E-state index contributed by atoms with van der Waals surface area (Å²) in [6.45, 7) is 1.89. The number of hydrogen-bond donors (Lipinski definition) is 1. The third kappa shape index (κ3) is 2.17. The lowest BCUT2D eigenvalue weighted by Gasteiger charge is -2.13. The van der Waals surface area contributed by atoms with E-state index in [1.54, 1.807) is 11.2 Å². The number of rotatable bonds is 2. The Kier molecular flexibility index (Phi) is 2.83. The van der Waals surface area contributed by atoms with E-state index < -0.39 is 0 Å². The number of pyridine rings is 1. The molecule has 0 atom stereocenters. The van der Waals surface area contributed by atoms with Gasteiger partial charge in [-0.25, -0.2) is 9.99 Å². The van der Waals surface area contributed by atoms with Gasteiger partial charge >= 0.3 is 0 Å². The summed E-state index contributed by atoms with van der Waals surface area (Å²) in [5, 5.41) is 10.6. The Morgan fingerprint density at radius 2 is 2.23 bits per heavy atom. The van der Waals surface area contributed by atoms with Crippen molar-refractivity contribution in [1.29, 1.82) is 5.26 Å². The number of nitrogens with zero attached hydrogens (tertiary/aromatic N) is 3. The molecule has 0 aliphatic rings. The van der Waals surface area contributed by atoms with Crippen molar-refractivity contribution in [3.8, 4) is 6.07 Å². The summed E-state index contributed by atoms with van der Waals surface area (Å²) in [4.78, 5) is 4.08. The molecule has 1 aromatic rings. The third-order valence-electron chi connectivity index (χ3n) is 1.60. The molecule has 1 rings (SSSR count). The van der Waals surface area contributed by atoms with E-state index in [1.807, 2.05) is 27.1 Å². The number of nitriles is 1. The van der Waals surface area contributed by atoms with Crippen LogP contribution in [0.3, 0.4) is 0 Å². The molecule has 0 aliphatic heterocycles. The van der Waals surface area contributed by atoms with Gasteiger partial charge in [0.05, 0.1) is 5.56 Å². The van der Waals surface area contributed by atoms with Gasteiger partial charge in [0.2, 0.25) is 0 Å². The monoisotopic (exact) mass is 176 g/mol. The standard InChI is InChI=1S/C9H12N4/c1-7-4-5-11-9(8(7)6-10)12-13(2)3/h4-5H,1-3H3,(H,11,12). The van der Waals surface area contributed by atoms with E-state index in [0.29, 0.717) is 11.4 Å². The normalized spacial score (nSPS) is 9.77. The van der Waals surface area contributed by atoms with Crippen LogP contribution in [0.5, 0.6) is 0 Å². The van der Waals surface area contributed by atoms with Crippen LogP contribution in [0.4, 0.5) is 5.82 Å². The molecule has 1 aromatic heterocycles. The Bertz CT molecular complexity index is 338. The maximum absolute atomic E-state index is 8.86. The van der Waals surface area contributed by atoms with Gasteiger partial charge in [0.1, 0.15) is 6.07 Å². The highest BCUT2D eigenvalue weighted by molar-refractivity contribution is 5.54. The second-order valence-electron chi connectivity index (χ2n) is 2.97. The average molecular weight is 176 g/mol. The Morgan fingerprint density at radius 1 is 1.54 bits per heavy atom. The van der Waals surface area contributed by atoms with E-state index in [2.05, 4.69) is 16.5 Å². The maximum atomic E-state index is 8.86. The van der Waals surface area contributed by atoms with Crippen LogP contribution in [0.1, 0.15) is 11.1 Å². The summed E-state index contributed by atoms with van der Waals surface area (Å²) in [7, 11) is 3.70. The lowest BCUT2D eigenvalue weighted by atomic mass is 10.1. The molecule has 13 heavy (non-hydrogen) atoms. The smallest absolute Gasteiger partial charge is 0.158 e. The van der Waals surface area contributed by atoms with E-state index in [9.17, 15) is 0 Å². The molecule has 0 unspecified atom stereocenters. The number of hydrogen-bond acceptors (Lipinski definition) is 4. The lowest BCUT2D eigenvalue weighted by molar-refractivity contribution is 0.492. The molecule has 0 amide bonds. The van der Waals surface area contributed by atoms with Gasteiger partial charge in [0, 0.05) is 20.3 Å². The first kappa shape index (κ1) is 9.49. The van der Waals surface area contributed by atoms with E-state index >= 15 is 0 Å². The molecule has 0 saturated heterocycles. The first-order valence-electron chi connectivity index (χ1n) is 3.95. The van der Waals surface area contributed by atoms with Gasteiger partial charge < -0.3 is 5.43 Å². The van der Waals surface area contributed by atoms with Crippen LogP contribution in [0.15, 0.2) is 12.3 Å². The Balaban J connectivity index is 3.07. The van der Waals surface area contributed by atoms with E-state index in [0.717, 1.165) is 5.56 Å². The quantitative estimate of drug-likeness (QED) is 0.687. The van der Waals surface area contributed by atoms with Gasteiger partial charge in [-0.2, -0.15) is 5.26 Å². The molecule has 0 aliphatic carbocycles. The molecule has 0 radical (unpaired) electrons. The van der Waals surface area contributed by atoms with Crippen LogP contribution in [0, 0.1) is 18.3 Å². The van der Waals surface area contributed by atoms with E-state index in [4.69, 9.17) is 5.26 Å². The lowest BCUT2D eigenvalue weighted by Crippen LogP contribution is -2.21. The first-order valence-corrected chi connectivity index (χ1v) is 3.95. The van der Waals surface area contributed by atoms with Gasteiger partial charge in [0.15, 0.2) is 5.82 Å². The predicted octanol–water partition coefficient (Wildman–Crippen LogP) is 1.15. The van der Waals surface area contributed by atoms with Gasteiger partial charge in [-0.1, -0.05) is 0 Å². The fourth-order valence-electron chi connectivity index (χ4n) is 0.996. The first-order chi connectivity index (χ1) is 6.15. The Morgan fingerprint density at radius 3 is 2.77 bits per heavy atom. The number of anilines is 1. The summed E-state index contributed by atoms with van der Waals surface area (Å²) >= 11 is 0. The highest BCUT2D eigenvalue weighted by atomic mass is 15.5. The van der Waals surface area contributed by atoms with Crippen LogP contribution >= 0.6 is 0 Å². The molecule has 4 heteroatoms. The van der Waals surface area contributed by atoms with E-state index in [-0.39, 0.29) is 0 Å². The van der Waals surface area contributed by atoms with Crippen LogP contribution < -0.4 is 5.43 Å². The molecule has 4 nitrogen and oxygen atoms in total.